The molecule has 6 amide bonds. The van der Waals surface area contributed by atoms with Crippen molar-refractivity contribution in [2.75, 3.05) is 18.1 Å². The van der Waals surface area contributed by atoms with Gasteiger partial charge in [0, 0.05) is 24.5 Å². The van der Waals surface area contributed by atoms with Crippen LogP contribution in [0.2, 0.25) is 0 Å². The Morgan fingerprint density at radius 3 is 2.00 bits per heavy atom. The van der Waals surface area contributed by atoms with E-state index >= 15 is 0 Å². The second kappa shape index (κ2) is 19.8. The van der Waals surface area contributed by atoms with Crippen molar-refractivity contribution >= 4 is 69.0 Å². The van der Waals surface area contributed by atoms with Crippen LogP contribution in [-0.2, 0) is 38.4 Å². The van der Waals surface area contributed by atoms with Gasteiger partial charge in [-0.1, -0.05) is 35.4 Å². The third kappa shape index (κ3) is 14.2. The first-order chi connectivity index (χ1) is 21.4. The molecule has 1 aliphatic rings. The first-order valence-corrected chi connectivity index (χ1v) is 16.9. The average Bonchev–Trinajstić information content (AvgIpc) is 3.45. The lowest BCUT2D eigenvalue weighted by Gasteiger charge is -2.30. The summed E-state index contributed by atoms with van der Waals surface area (Å²) in [7, 11) is 2.04. The zero-order valence-corrected chi connectivity index (χ0v) is 27.3. The highest BCUT2D eigenvalue weighted by atomic mass is 33.1. The number of carbonyl (C=O) groups excluding carboxylic acids is 6. The lowest BCUT2D eigenvalue weighted by atomic mass is 10.0. The standard InChI is InChI=1S/C26H44N8O10S2/c1-12(2)8-15(21(30)38)31-24(41)18-4-3-7-34(18)25(42)17(11-46-45-10-14(28)26(43)44)33-23(40)16(9-19(29)35)32-22(39)13(27)5-6-20(36)37/h12-18H,3-11,27-28H2,1-2H3,(H2,29,35)(H2,30,38)(H,31,41)(H,32,39)(H,33,40)(H,36,37)(H,43,44)/t13-,14-,15-,16-,17-,18-/m0/s1. The third-order valence-electron chi connectivity index (χ3n) is 6.75. The first kappa shape index (κ1) is 40.4. The van der Waals surface area contributed by atoms with Crippen LogP contribution in [0.25, 0.3) is 0 Å². The van der Waals surface area contributed by atoms with Crippen LogP contribution in [-0.4, -0.2) is 117 Å². The highest BCUT2D eigenvalue weighted by Crippen LogP contribution is 2.25. The van der Waals surface area contributed by atoms with Crippen molar-refractivity contribution < 1.29 is 48.6 Å². The van der Waals surface area contributed by atoms with E-state index in [1.807, 2.05) is 13.8 Å². The molecule has 0 aromatic rings. The lowest BCUT2D eigenvalue weighted by Crippen LogP contribution is -2.59. The van der Waals surface area contributed by atoms with Gasteiger partial charge in [0.05, 0.1) is 12.5 Å². The molecule has 0 saturated carbocycles. The van der Waals surface area contributed by atoms with E-state index in [4.69, 9.17) is 33.1 Å². The molecule has 0 aliphatic carbocycles. The Labute approximate surface area is 273 Å². The van der Waals surface area contributed by atoms with Crippen LogP contribution in [0.15, 0.2) is 0 Å². The molecule has 46 heavy (non-hydrogen) atoms. The van der Waals surface area contributed by atoms with Gasteiger partial charge in [-0.25, -0.2) is 0 Å². The van der Waals surface area contributed by atoms with Gasteiger partial charge in [0.25, 0.3) is 0 Å². The van der Waals surface area contributed by atoms with Gasteiger partial charge in [0.2, 0.25) is 35.4 Å². The summed E-state index contributed by atoms with van der Waals surface area (Å²) in [6, 6.07) is -7.41. The van der Waals surface area contributed by atoms with Crippen molar-refractivity contribution in [3.8, 4) is 0 Å². The molecule has 0 spiro atoms. The number of rotatable bonds is 21. The van der Waals surface area contributed by atoms with Gasteiger partial charge in [-0.2, -0.15) is 0 Å². The minimum Gasteiger partial charge on any atom is -0.481 e. The van der Waals surface area contributed by atoms with E-state index in [9.17, 15) is 38.4 Å². The number of amides is 6. The fourth-order valence-electron chi connectivity index (χ4n) is 4.34. The number of aliphatic carboxylic acids is 2. The topological polar surface area (TPSA) is 320 Å². The average molecular weight is 693 g/mol. The van der Waals surface area contributed by atoms with E-state index in [0.717, 1.165) is 21.6 Å². The molecule has 18 nitrogen and oxygen atoms in total. The minimum absolute atomic E-state index is 0.0306. The fourth-order valence-corrected chi connectivity index (χ4v) is 6.61. The monoisotopic (exact) mass is 692 g/mol. The summed E-state index contributed by atoms with van der Waals surface area (Å²) in [5.74, 6) is -7.52. The predicted molar refractivity (Wildman–Crippen MR) is 168 cm³/mol. The number of carboxylic acids is 2. The number of likely N-dealkylation sites (tertiary alicyclic amines) is 1. The summed E-state index contributed by atoms with van der Waals surface area (Å²) >= 11 is 0. The van der Waals surface area contributed by atoms with Crippen LogP contribution in [0.1, 0.15) is 52.4 Å². The van der Waals surface area contributed by atoms with Crippen molar-refractivity contribution in [1.29, 1.82) is 0 Å². The number of carboxylic acid groups (broad SMARTS) is 2. The number of nitrogens with zero attached hydrogens (tertiary/aromatic N) is 1. The third-order valence-corrected chi connectivity index (χ3v) is 9.20. The van der Waals surface area contributed by atoms with Crippen LogP contribution in [0.5, 0.6) is 0 Å². The van der Waals surface area contributed by atoms with Gasteiger partial charge < -0.3 is 54.0 Å². The van der Waals surface area contributed by atoms with Gasteiger partial charge in [-0.3, -0.25) is 38.4 Å². The van der Waals surface area contributed by atoms with E-state index in [1.54, 1.807) is 0 Å². The molecular weight excluding hydrogens is 648 g/mol. The Hall–Kier alpha value is -3.62. The number of nitrogens with one attached hydrogen (secondary N) is 3. The highest BCUT2D eigenvalue weighted by molar-refractivity contribution is 8.76. The maximum atomic E-state index is 13.8. The fraction of sp³-hybridized carbons (Fsp3) is 0.692. The van der Waals surface area contributed by atoms with E-state index in [1.165, 1.54) is 4.90 Å². The van der Waals surface area contributed by atoms with Crippen LogP contribution in [0.4, 0.5) is 0 Å². The summed E-state index contributed by atoms with van der Waals surface area (Å²) in [5.41, 5.74) is 22.0. The molecule has 0 bridgehead atoms. The predicted octanol–water partition coefficient (Wildman–Crippen LogP) is -3.18. The van der Waals surface area contributed by atoms with E-state index in [-0.39, 0.29) is 43.2 Å². The summed E-state index contributed by atoms with van der Waals surface area (Å²) in [5, 5.41) is 25.2. The zero-order valence-electron chi connectivity index (χ0n) is 25.6. The van der Waals surface area contributed by atoms with Gasteiger partial charge in [0.15, 0.2) is 0 Å². The second-order valence-corrected chi connectivity index (χ2v) is 13.7. The van der Waals surface area contributed by atoms with Crippen LogP contribution in [0.3, 0.4) is 0 Å². The number of carbonyl (C=O) groups is 8. The van der Waals surface area contributed by atoms with Gasteiger partial charge >= 0.3 is 11.9 Å². The molecule has 0 aromatic carbocycles. The maximum Gasteiger partial charge on any atom is 0.321 e. The number of nitrogens with two attached hydrogens (primary N) is 4. The smallest absolute Gasteiger partial charge is 0.321 e. The SMILES string of the molecule is CC(C)C[C@H](NC(=O)[C@@H]1CCCN1C(=O)[C@H](CSSC[C@H](N)C(=O)O)NC(=O)[C@H](CC(N)=O)NC(=O)[C@@H](N)CCC(=O)O)C(N)=O. The largest absolute Gasteiger partial charge is 0.481 e. The van der Waals surface area contributed by atoms with Crippen molar-refractivity contribution in [3.05, 3.63) is 0 Å². The molecule has 1 fully saturated rings. The summed E-state index contributed by atoms with van der Waals surface area (Å²) < 4.78 is 0. The molecule has 13 N–H and O–H groups in total. The molecule has 6 atom stereocenters. The van der Waals surface area contributed by atoms with Crippen molar-refractivity contribution in [2.45, 2.75) is 88.6 Å². The summed E-state index contributed by atoms with van der Waals surface area (Å²) in [6.45, 7) is 3.82. The number of hydrogen-bond donors (Lipinski definition) is 9. The van der Waals surface area contributed by atoms with E-state index in [0.29, 0.717) is 6.42 Å². The van der Waals surface area contributed by atoms with E-state index in [2.05, 4.69) is 16.0 Å². The van der Waals surface area contributed by atoms with Crippen LogP contribution < -0.4 is 38.9 Å². The van der Waals surface area contributed by atoms with Crippen LogP contribution >= 0.6 is 21.6 Å². The molecule has 1 rings (SSSR count). The Bertz CT molecular complexity index is 1140. The van der Waals surface area contributed by atoms with E-state index < -0.39 is 96.5 Å². The highest BCUT2D eigenvalue weighted by Gasteiger charge is 2.39. The Balaban J connectivity index is 3.19. The molecule has 260 valence electrons. The first-order valence-electron chi connectivity index (χ1n) is 14.4. The molecule has 0 radical (unpaired) electrons. The summed E-state index contributed by atoms with van der Waals surface area (Å²) in [6.07, 6.45) is -0.403. The van der Waals surface area contributed by atoms with Gasteiger partial charge in [0.1, 0.15) is 30.2 Å². The Morgan fingerprint density at radius 2 is 1.46 bits per heavy atom. The van der Waals surface area contributed by atoms with Gasteiger partial charge in [-0.15, -0.1) is 0 Å². The zero-order chi connectivity index (χ0) is 35.1. The quantitative estimate of drug-likeness (QED) is 0.0423. The molecule has 1 heterocycles. The normalized spacial score (nSPS) is 17.7. The Morgan fingerprint density at radius 1 is 0.848 bits per heavy atom. The molecule has 1 aliphatic heterocycles. The Kier molecular flexibility index (Phi) is 17.4. The van der Waals surface area contributed by atoms with Gasteiger partial charge in [-0.05, 0) is 31.6 Å². The van der Waals surface area contributed by atoms with Crippen molar-refractivity contribution in [3.63, 3.8) is 0 Å². The second-order valence-electron chi connectivity index (χ2n) is 11.1. The minimum atomic E-state index is -1.58. The van der Waals surface area contributed by atoms with Crippen molar-refractivity contribution in [2.24, 2.45) is 28.9 Å². The lowest BCUT2D eigenvalue weighted by molar-refractivity contribution is -0.142. The van der Waals surface area contributed by atoms with Crippen molar-refractivity contribution in [1.82, 2.24) is 20.9 Å². The molecule has 0 aromatic heterocycles. The molecular formula is C26H44N8O10S2. The molecule has 1 saturated heterocycles. The molecule has 20 heteroatoms. The molecule has 0 unspecified atom stereocenters. The summed E-state index contributed by atoms with van der Waals surface area (Å²) in [4.78, 5) is 99.6. The number of primary amides is 2. The van der Waals surface area contributed by atoms with Crippen LogP contribution in [0, 0.1) is 5.92 Å². The maximum absolute atomic E-state index is 13.8. The number of hydrogen-bond acceptors (Lipinski definition) is 12.